The number of carbonyl (C=O) groups is 1. The van der Waals surface area contributed by atoms with Crippen LogP contribution in [0.4, 0.5) is 0 Å². The van der Waals surface area contributed by atoms with Gasteiger partial charge in [0.15, 0.2) is 6.10 Å². The summed E-state index contributed by atoms with van der Waals surface area (Å²) >= 11 is 5.83. The van der Waals surface area contributed by atoms with E-state index in [0.29, 0.717) is 10.8 Å². The van der Waals surface area contributed by atoms with Gasteiger partial charge in [-0.15, -0.1) is 0 Å². The lowest BCUT2D eigenvalue weighted by Crippen LogP contribution is -2.33. The molecule has 0 heterocycles. The second-order valence-corrected chi connectivity index (χ2v) is 5.96. The van der Waals surface area contributed by atoms with Crippen LogP contribution in [0.3, 0.4) is 0 Å². The third kappa shape index (κ3) is 4.37. The van der Waals surface area contributed by atoms with Crippen LogP contribution in [-0.2, 0) is 4.79 Å². The molecule has 0 aliphatic heterocycles. The standard InChI is InChI=1S/C20H17ClN2O2/c1-14(20(24)23-22-13-15-9-11-17(21)12-10-15)25-19-8-4-6-16-5-2-3-7-18(16)19/h2-14H,1H3,(H,23,24)/b22-13-/t14-/m1/s1. The average Bonchev–Trinajstić information content (AvgIpc) is 2.63. The quantitative estimate of drug-likeness (QED) is 0.546. The zero-order valence-corrected chi connectivity index (χ0v) is 14.4. The molecule has 0 aromatic heterocycles. The smallest absolute Gasteiger partial charge is 0.280 e. The van der Waals surface area contributed by atoms with Crippen LogP contribution in [-0.4, -0.2) is 18.2 Å². The maximum absolute atomic E-state index is 12.2. The summed E-state index contributed by atoms with van der Waals surface area (Å²) in [6.45, 7) is 1.69. The number of hydrazone groups is 1. The van der Waals surface area contributed by atoms with E-state index in [1.165, 1.54) is 0 Å². The van der Waals surface area contributed by atoms with Crippen LogP contribution in [0.1, 0.15) is 12.5 Å². The van der Waals surface area contributed by atoms with Gasteiger partial charge in [-0.2, -0.15) is 5.10 Å². The Hall–Kier alpha value is -2.85. The molecule has 3 aromatic rings. The molecule has 25 heavy (non-hydrogen) atoms. The van der Waals surface area contributed by atoms with Gasteiger partial charge >= 0.3 is 0 Å². The largest absolute Gasteiger partial charge is 0.480 e. The number of rotatable bonds is 5. The minimum atomic E-state index is -0.673. The molecule has 0 spiro atoms. The van der Waals surface area contributed by atoms with E-state index in [-0.39, 0.29) is 5.91 Å². The van der Waals surface area contributed by atoms with Crippen LogP contribution < -0.4 is 10.2 Å². The Morgan fingerprint density at radius 3 is 2.60 bits per heavy atom. The highest BCUT2D eigenvalue weighted by molar-refractivity contribution is 6.30. The summed E-state index contributed by atoms with van der Waals surface area (Å²) in [6.07, 6.45) is 0.881. The van der Waals surface area contributed by atoms with E-state index in [0.717, 1.165) is 16.3 Å². The zero-order valence-electron chi connectivity index (χ0n) is 13.6. The maximum Gasteiger partial charge on any atom is 0.280 e. The molecule has 0 unspecified atom stereocenters. The molecule has 1 atom stereocenters. The first-order valence-corrected chi connectivity index (χ1v) is 8.24. The Balaban J connectivity index is 1.63. The lowest BCUT2D eigenvalue weighted by molar-refractivity contribution is -0.127. The molecular weight excluding hydrogens is 336 g/mol. The second kappa shape index (κ2) is 7.81. The first-order chi connectivity index (χ1) is 12.1. The molecule has 4 nitrogen and oxygen atoms in total. The van der Waals surface area contributed by atoms with Gasteiger partial charge in [0.05, 0.1) is 6.21 Å². The number of ether oxygens (including phenoxy) is 1. The van der Waals surface area contributed by atoms with Gasteiger partial charge in [0.25, 0.3) is 5.91 Å². The molecule has 5 heteroatoms. The van der Waals surface area contributed by atoms with Crippen LogP contribution in [0, 0.1) is 0 Å². The van der Waals surface area contributed by atoms with E-state index in [1.807, 2.05) is 54.6 Å². The van der Waals surface area contributed by atoms with Crippen LogP contribution in [0.5, 0.6) is 5.75 Å². The van der Waals surface area contributed by atoms with Crippen molar-refractivity contribution < 1.29 is 9.53 Å². The lowest BCUT2D eigenvalue weighted by Gasteiger charge is -2.14. The lowest BCUT2D eigenvalue weighted by atomic mass is 10.1. The Morgan fingerprint density at radius 2 is 1.80 bits per heavy atom. The predicted octanol–water partition coefficient (Wildman–Crippen LogP) is 4.41. The number of halogens is 1. The molecule has 3 rings (SSSR count). The summed E-state index contributed by atoms with van der Waals surface area (Å²) < 4.78 is 5.80. The number of nitrogens with zero attached hydrogens (tertiary/aromatic N) is 1. The fourth-order valence-corrected chi connectivity index (χ4v) is 2.48. The Morgan fingerprint density at radius 1 is 1.08 bits per heavy atom. The van der Waals surface area contributed by atoms with E-state index in [4.69, 9.17) is 16.3 Å². The number of benzene rings is 3. The van der Waals surface area contributed by atoms with Crippen molar-refractivity contribution in [2.75, 3.05) is 0 Å². The maximum atomic E-state index is 12.2. The van der Waals surface area contributed by atoms with Gasteiger partial charge in [-0.05, 0) is 36.1 Å². The molecule has 0 aliphatic carbocycles. The van der Waals surface area contributed by atoms with E-state index in [9.17, 15) is 4.79 Å². The predicted molar refractivity (Wildman–Crippen MR) is 101 cm³/mol. The summed E-state index contributed by atoms with van der Waals surface area (Å²) in [5, 5.41) is 6.63. The normalized spacial score (nSPS) is 12.2. The van der Waals surface area contributed by atoms with Gasteiger partial charge in [-0.25, -0.2) is 5.43 Å². The summed E-state index contributed by atoms with van der Waals surface area (Å²) in [7, 11) is 0. The molecule has 1 amide bonds. The number of hydrogen-bond donors (Lipinski definition) is 1. The van der Waals surface area contributed by atoms with Gasteiger partial charge in [0.1, 0.15) is 5.75 Å². The Labute approximate surface area is 151 Å². The zero-order chi connectivity index (χ0) is 17.6. The molecule has 3 aromatic carbocycles. The van der Waals surface area contributed by atoms with E-state index < -0.39 is 6.10 Å². The van der Waals surface area contributed by atoms with E-state index in [1.54, 1.807) is 25.3 Å². The van der Waals surface area contributed by atoms with Crippen molar-refractivity contribution in [2.45, 2.75) is 13.0 Å². The molecule has 0 fully saturated rings. The van der Waals surface area contributed by atoms with Crippen LogP contribution in [0.25, 0.3) is 10.8 Å². The minimum Gasteiger partial charge on any atom is -0.480 e. The SMILES string of the molecule is C[C@@H](Oc1cccc2ccccc12)C(=O)N/N=C\c1ccc(Cl)cc1. The number of hydrogen-bond acceptors (Lipinski definition) is 3. The van der Waals surface area contributed by atoms with Crippen molar-refractivity contribution in [3.05, 3.63) is 77.3 Å². The highest BCUT2D eigenvalue weighted by atomic mass is 35.5. The monoisotopic (exact) mass is 352 g/mol. The second-order valence-electron chi connectivity index (χ2n) is 5.52. The van der Waals surface area contributed by atoms with Gasteiger partial charge in [0, 0.05) is 10.4 Å². The van der Waals surface area contributed by atoms with Crippen molar-refractivity contribution >= 4 is 34.5 Å². The van der Waals surface area contributed by atoms with Gasteiger partial charge < -0.3 is 4.74 Å². The first kappa shape index (κ1) is 17.0. The minimum absolute atomic E-state index is 0.321. The molecule has 0 saturated heterocycles. The molecule has 126 valence electrons. The number of fused-ring (bicyclic) bond motifs is 1. The summed E-state index contributed by atoms with van der Waals surface area (Å²) in [5.74, 6) is 0.348. The average molecular weight is 353 g/mol. The number of nitrogens with one attached hydrogen (secondary N) is 1. The number of amides is 1. The van der Waals surface area contributed by atoms with Crippen LogP contribution >= 0.6 is 11.6 Å². The van der Waals surface area contributed by atoms with Crippen LogP contribution in [0.2, 0.25) is 5.02 Å². The van der Waals surface area contributed by atoms with Crippen LogP contribution in [0.15, 0.2) is 71.8 Å². The highest BCUT2D eigenvalue weighted by Crippen LogP contribution is 2.26. The summed E-state index contributed by atoms with van der Waals surface area (Å²) in [4.78, 5) is 12.2. The van der Waals surface area contributed by atoms with Crippen molar-refractivity contribution in [3.63, 3.8) is 0 Å². The van der Waals surface area contributed by atoms with Crippen molar-refractivity contribution in [2.24, 2.45) is 5.10 Å². The molecule has 0 radical (unpaired) electrons. The molecule has 1 N–H and O–H groups in total. The first-order valence-electron chi connectivity index (χ1n) is 7.86. The van der Waals surface area contributed by atoms with Crippen molar-refractivity contribution in [1.82, 2.24) is 5.43 Å². The summed E-state index contributed by atoms with van der Waals surface area (Å²) in [5.41, 5.74) is 3.33. The van der Waals surface area contributed by atoms with Gasteiger partial charge in [-0.3, -0.25) is 4.79 Å². The molecular formula is C20H17ClN2O2. The highest BCUT2D eigenvalue weighted by Gasteiger charge is 2.15. The van der Waals surface area contributed by atoms with E-state index in [2.05, 4.69) is 10.5 Å². The van der Waals surface area contributed by atoms with Gasteiger partial charge in [0.2, 0.25) is 0 Å². The Kier molecular flexibility index (Phi) is 5.31. The van der Waals surface area contributed by atoms with Gasteiger partial charge in [-0.1, -0.05) is 60.1 Å². The molecule has 0 aliphatic rings. The van der Waals surface area contributed by atoms with Crippen molar-refractivity contribution in [3.8, 4) is 5.75 Å². The fourth-order valence-electron chi connectivity index (χ4n) is 2.35. The molecule has 0 saturated carbocycles. The topological polar surface area (TPSA) is 50.7 Å². The third-order valence-electron chi connectivity index (χ3n) is 3.68. The van der Waals surface area contributed by atoms with E-state index >= 15 is 0 Å². The Bertz CT molecular complexity index is 902. The fraction of sp³-hybridized carbons (Fsp3) is 0.100. The number of carbonyl (C=O) groups excluding carboxylic acids is 1. The molecule has 0 bridgehead atoms. The third-order valence-corrected chi connectivity index (χ3v) is 3.93. The van der Waals surface area contributed by atoms with Crippen molar-refractivity contribution in [1.29, 1.82) is 0 Å². The summed E-state index contributed by atoms with van der Waals surface area (Å²) in [6, 6.07) is 20.8.